The molecule has 0 heterocycles. The molecule has 9 nitrogen and oxygen atoms in total. The number of rotatable bonds is 14. The number of hydrogen-bond acceptors (Lipinski definition) is 7. The predicted octanol–water partition coefficient (Wildman–Crippen LogP) is -1.43. The van der Waals surface area contributed by atoms with Crippen LogP contribution in [0.15, 0.2) is 0 Å². The molecule has 0 saturated carbocycles. The zero-order valence-electron chi connectivity index (χ0n) is 13.3. The average Bonchev–Trinajstić information content (AvgIpc) is 2.52. The second kappa shape index (κ2) is 14.7. The van der Waals surface area contributed by atoms with E-state index in [1.807, 2.05) is 0 Å². The molecule has 2 amide bonds. The fraction of sp³-hybridized carbons (Fsp3) is 0.846. The van der Waals surface area contributed by atoms with Crippen LogP contribution in [0, 0.1) is 0 Å². The van der Waals surface area contributed by atoms with Crippen molar-refractivity contribution in [2.24, 2.45) is 5.73 Å². The maximum Gasteiger partial charge on any atom is 0.243 e. The molecule has 0 aliphatic carbocycles. The highest BCUT2D eigenvalue weighted by molar-refractivity contribution is 5.82. The number of carbonyl (C=O) groups excluding carboxylic acids is 2. The van der Waals surface area contributed by atoms with E-state index in [4.69, 9.17) is 24.8 Å². The third-order valence-electron chi connectivity index (χ3n) is 2.57. The molecule has 0 aromatic carbocycles. The van der Waals surface area contributed by atoms with Crippen molar-refractivity contribution < 1.29 is 28.6 Å². The van der Waals surface area contributed by atoms with Crippen LogP contribution in [0.5, 0.6) is 0 Å². The van der Waals surface area contributed by atoms with Crippen LogP contribution >= 0.6 is 0 Å². The molecule has 0 radical (unpaired) electrons. The van der Waals surface area contributed by atoms with Crippen molar-refractivity contribution in [1.29, 1.82) is 0 Å². The highest BCUT2D eigenvalue weighted by Crippen LogP contribution is 1.95. The standard InChI is InChI=1S/C13H27N3O6/c1-19-7-9-21-6-5-15-13(18)11(14)3-4-12(17)16-22-10-8-20-2/h11H,3-10,14H2,1-2H3,(H,15,18)(H,16,17). The Kier molecular flexibility index (Phi) is 13.8. The van der Waals surface area contributed by atoms with Crippen LogP contribution in [0.3, 0.4) is 0 Å². The molecular formula is C13H27N3O6. The van der Waals surface area contributed by atoms with Crippen molar-refractivity contribution in [1.82, 2.24) is 10.8 Å². The minimum atomic E-state index is -0.747. The van der Waals surface area contributed by atoms with Crippen molar-refractivity contribution in [2.45, 2.75) is 18.9 Å². The van der Waals surface area contributed by atoms with Gasteiger partial charge in [-0.25, -0.2) is 5.48 Å². The van der Waals surface area contributed by atoms with Crippen molar-refractivity contribution in [3.8, 4) is 0 Å². The van der Waals surface area contributed by atoms with Gasteiger partial charge in [0.05, 0.1) is 39.1 Å². The number of carbonyl (C=O) groups is 2. The van der Waals surface area contributed by atoms with E-state index in [2.05, 4.69) is 10.8 Å². The van der Waals surface area contributed by atoms with Gasteiger partial charge in [-0.05, 0) is 6.42 Å². The SMILES string of the molecule is COCCOCCNC(=O)C(N)CCC(=O)NOCCOC. The Bertz CT molecular complexity index is 304. The molecule has 1 atom stereocenters. The summed E-state index contributed by atoms with van der Waals surface area (Å²) in [6, 6.07) is -0.747. The molecule has 1 unspecified atom stereocenters. The number of methoxy groups -OCH3 is 2. The molecule has 130 valence electrons. The lowest BCUT2D eigenvalue weighted by Crippen LogP contribution is -2.42. The Hall–Kier alpha value is -1.26. The van der Waals surface area contributed by atoms with Gasteiger partial charge in [0.15, 0.2) is 0 Å². The molecule has 0 fully saturated rings. The minimum absolute atomic E-state index is 0.103. The second-order valence-electron chi connectivity index (χ2n) is 4.41. The fourth-order valence-electron chi connectivity index (χ4n) is 1.35. The highest BCUT2D eigenvalue weighted by Gasteiger charge is 2.14. The maximum atomic E-state index is 11.6. The van der Waals surface area contributed by atoms with Crippen LogP contribution < -0.4 is 16.5 Å². The number of amides is 2. The van der Waals surface area contributed by atoms with Gasteiger partial charge in [0.2, 0.25) is 11.8 Å². The monoisotopic (exact) mass is 321 g/mol. The lowest BCUT2D eigenvalue weighted by molar-refractivity contribution is -0.134. The summed E-state index contributed by atoms with van der Waals surface area (Å²) in [4.78, 5) is 27.9. The van der Waals surface area contributed by atoms with Gasteiger partial charge in [0.1, 0.15) is 0 Å². The summed E-state index contributed by atoms with van der Waals surface area (Å²) in [5.74, 6) is -0.648. The molecule has 0 bridgehead atoms. The van der Waals surface area contributed by atoms with E-state index in [1.54, 1.807) is 7.11 Å². The first-order chi connectivity index (χ1) is 10.6. The van der Waals surface area contributed by atoms with Gasteiger partial charge < -0.3 is 25.3 Å². The summed E-state index contributed by atoms with van der Waals surface area (Å²) in [5, 5.41) is 2.63. The lowest BCUT2D eigenvalue weighted by Gasteiger charge is -2.12. The Morgan fingerprint density at radius 1 is 1.05 bits per heavy atom. The first-order valence-electron chi connectivity index (χ1n) is 7.11. The van der Waals surface area contributed by atoms with Gasteiger partial charge in [-0.3, -0.25) is 14.4 Å². The minimum Gasteiger partial charge on any atom is -0.382 e. The zero-order valence-corrected chi connectivity index (χ0v) is 13.3. The number of nitrogens with two attached hydrogens (primary N) is 1. The molecule has 4 N–H and O–H groups in total. The molecule has 0 aromatic rings. The molecule has 0 saturated heterocycles. The number of hydrogen-bond donors (Lipinski definition) is 3. The quantitative estimate of drug-likeness (QED) is 0.265. The van der Waals surface area contributed by atoms with E-state index < -0.39 is 6.04 Å². The van der Waals surface area contributed by atoms with Crippen molar-refractivity contribution in [3.05, 3.63) is 0 Å². The molecule has 0 rings (SSSR count). The van der Waals surface area contributed by atoms with Crippen molar-refractivity contribution in [3.63, 3.8) is 0 Å². The number of hydroxylamine groups is 1. The van der Waals surface area contributed by atoms with Crippen LogP contribution in [-0.4, -0.2) is 71.7 Å². The fourth-order valence-corrected chi connectivity index (χ4v) is 1.35. The largest absolute Gasteiger partial charge is 0.382 e. The summed E-state index contributed by atoms with van der Waals surface area (Å²) in [6.45, 7) is 2.38. The smallest absolute Gasteiger partial charge is 0.243 e. The zero-order chi connectivity index (χ0) is 16.6. The molecule has 22 heavy (non-hydrogen) atoms. The molecule has 0 aromatic heterocycles. The number of ether oxygens (including phenoxy) is 3. The topological polar surface area (TPSA) is 121 Å². The van der Waals surface area contributed by atoms with Crippen LogP contribution in [0.1, 0.15) is 12.8 Å². The van der Waals surface area contributed by atoms with E-state index in [-0.39, 0.29) is 31.3 Å². The Morgan fingerprint density at radius 3 is 2.41 bits per heavy atom. The first-order valence-corrected chi connectivity index (χ1v) is 7.11. The summed E-state index contributed by atoms with van der Waals surface area (Å²) in [7, 11) is 3.12. The second-order valence-corrected chi connectivity index (χ2v) is 4.41. The third kappa shape index (κ3) is 12.5. The van der Waals surface area contributed by atoms with Crippen molar-refractivity contribution >= 4 is 11.8 Å². The molecule has 0 aliphatic rings. The number of nitrogens with one attached hydrogen (secondary N) is 2. The van der Waals surface area contributed by atoms with E-state index in [0.29, 0.717) is 33.0 Å². The van der Waals surface area contributed by atoms with Gasteiger partial charge >= 0.3 is 0 Å². The summed E-state index contributed by atoms with van der Waals surface area (Å²) in [6.07, 6.45) is 0.335. The van der Waals surface area contributed by atoms with E-state index in [1.165, 1.54) is 7.11 Å². The predicted molar refractivity (Wildman–Crippen MR) is 78.9 cm³/mol. The lowest BCUT2D eigenvalue weighted by atomic mass is 10.1. The first kappa shape index (κ1) is 20.7. The Morgan fingerprint density at radius 2 is 1.73 bits per heavy atom. The Balaban J connectivity index is 3.58. The van der Waals surface area contributed by atoms with Crippen molar-refractivity contribution in [2.75, 3.05) is 53.8 Å². The summed E-state index contributed by atoms with van der Waals surface area (Å²) >= 11 is 0. The van der Waals surface area contributed by atoms with Crippen LogP contribution in [-0.2, 0) is 28.6 Å². The van der Waals surface area contributed by atoms with Crippen LogP contribution in [0.25, 0.3) is 0 Å². The van der Waals surface area contributed by atoms with Crippen LogP contribution in [0.2, 0.25) is 0 Å². The summed E-state index contributed by atoms with van der Waals surface area (Å²) < 4.78 is 14.8. The summed E-state index contributed by atoms with van der Waals surface area (Å²) in [5.41, 5.74) is 7.94. The highest BCUT2D eigenvalue weighted by atomic mass is 16.7. The maximum absolute atomic E-state index is 11.6. The molecular weight excluding hydrogens is 294 g/mol. The molecule has 0 aliphatic heterocycles. The van der Waals surface area contributed by atoms with Gasteiger partial charge in [0, 0.05) is 27.2 Å². The Labute approximate surface area is 130 Å². The normalized spacial score (nSPS) is 12.0. The van der Waals surface area contributed by atoms with Gasteiger partial charge in [-0.1, -0.05) is 0 Å². The van der Waals surface area contributed by atoms with Gasteiger partial charge in [-0.2, -0.15) is 0 Å². The molecule has 0 spiro atoms. The average molecular weight is 321 g/mol. The van der Waals surface area contributed by atoms with Crippen LogP contribution in [0.4, 0.5) is 0 Å². The van der Waals surface area contributed by atoms with Gasteiger partial charge in [0.25, 0.3) is 0 Å². The van der Waals surface area contributed by atoms with E-state index >= 15 is 0 Å². The third-order valence-corrected chi connectivity index (χ3v) is 2.57. The van der Waals surface area contributed by atoms with E-state index in [9.17, 15) is 9.59 Å². The van der Waals surface area contributed by atoms with E-state index in [0.717, 1.165) is 0 Å². The molecule has 9 heteroatoms. The van der Waals surface area contributed by atoms with Gasteiger partial charge in [-0.15, -0.1) is 0 Å².